The lowest BCUT2D eigenvalue weighted by molar-refractivity contribution is 0.411. The van der Waals surface area contributed by atoms with Gasteiger partial charge in [0.25, 0.3) is 0 Å². The minimum Gasteiger partial charge on any atom is -0.497 e. The number of methoxy groups -OCH3 is 1. The second-order valence-corrected chi connectivity index (χ2v) is 5.18. The van der Waals surface area contributed by atoms with Gasteiger partial charge in [-0.3, -0.25) is 0 Å². The van der Waals surface area contributed by atoms with Gasteiger partial charge in [0.2, 0.25) is 0 Å². The third kappa shape index (κ3) is 3.82. The summed E-state index contributed by atoms with van der Waals surface area (Å²) in [6.07, 6.45) is 1.08. The number of rotatable bonds is 6. The van der Waals surface area contributed by atoms with E-state index < -0.39 is 0 Å². The van der Waals surface area contributed by atoms with Crippen LogP contribution in [0.1, 0.15) is 24.5 Å². The van der Waals surface area contributed by atoms with Crippen LogP contribution in [0.25, 0.3) is 11.1 Å². The molecule has 2 aromatic carbocycles. The Labute approximate surface area is 126 Å². The van der Waals surface area contributed by atoms with Crippen molar-refractivity contribution in [1.82, 2.24) is 5.32 Å². The summed E-state index contributed by atoms with van der Waals surface area (Å²) < 4.78 is 19.4. The minimum absolute atomic E-state index is 0.253. The number of hydrogen-bond donors (Lipinski definition) is 1. The lowest BCUT2D eigenvalue weighted by atomic mass is 9.97. The van der Waals surface area contributed by atoms with Gasteiger partial charge in [0.15, 0.2) is 0 Å². The van der Waals surface area contributed by atoms with Gasteiger partial charge < -0.3 is 10.1 Å². The molecule has 0 aromatic heterocycles. The highest BCUT2D eigenvalue weighted by Gasteiger charge is 2.11. The summed E-state index contributed by atoms with van der Waals surface area (Å²) in [6.45, 7) is 5.85. The van der Waals surface area contributed by atoms with Crippen LogP contribution in [-0.4, -0.2) is 13.7 Å². The molecule has 0 saturated heterocycles. The van der Waals surface area contributed by atoms with Gasteiger partial charge in [0.1, 0.15) is 11.6 Å². The van der Waals surface area contributed by atoms with Gasteiger partial charge in [0, 0.05) is 18.2 Å². The maximum atomic E-state index is 14.3. The van der Waals surface area contributed by atoms with E-state index in [4.69, 9.17) is 4.74 Å². The molecule has 2 aromatic rings. The maximum absolute atomic E-state index is 14.3. The van der Waals surface area contributed by atoms with E-state index >= 15 is 0 Å². The van der Waals surface area contributed by atoms with Crippen LogP contribution in [0.5, 0.6) is 5.75 Å². The van der Waals surface area contributed by atoms with Crippen molar-refractivity contribution < 1.29 is 9.13 Å². The maximum Gasteiger partial charge on any atom is 0.134 e. The summed E-state index contributed by atoms with van der Waals surface area (Å²) in [5, 5.41) is 3.38. The van der Waals surface area contributed by atoms with Crippen LogP contribution in [0.2, 0.25) is 0 Å². The molecule has 0 atom stereocenters. The van der Waals surface area contributed by atoms with Crippen molar-refractivity contribution in [2.45, 2.75) is 26.8 Å². The van der Waals surface area contributed by atoms with E-state index in [-0.39, 0.29) is 5.82 Å². The molecule has 0 aliphatic carbocycles. The van der Waals surface area contributed by atoms with Crippen LogP contribution in [0.3, 0.4) is 0 Å². The Balaban J connectivity index is 2.39. The SMILES string of the molecule is CCCNCc1ccc(C)cc1-c1ccc(OC)cc1F. The predicted molar refractivity (Wildman–Crippen MR) is 85.1 cm³/mol. The number of nitrogens with one attached hydrogen (secondary N) is 1. The molecule has 0 saturated carbocycles. The highest BCUT2D eigenvalue weighted by Crippen LogP contribution is 2.29. The molecule has 0 unspecified atom stereocenters. The highest BCUT2D eigenvalue weighted by molar-refractivity contribution is 5.69. The zero-order valence-corrected chi connectivity index (χ0v) is 12.9. The lowest BCUT2D eigenvalue weighted by Crippen LogP contribution is -2.14. The summed E-state index contributed by atoms with van der Waals surface area (Å²) in [5.41, 5.74) is 3.80. The first-order valence-electron chi connectivity index (χ1n) is 7.30. The topological polar surface area (TPSA) is 21.3 Å². The molecule has 0 aliphatic heterocycles. The standard InChI is InChI=1S/C18H22FNO/c1-4-9-20-12-14-6-5-13(2)10-17(14)16-8-7-15(21-3)11-18(16)19/h5-8,10-11,20H,4,9,12H2,1-3H3. The zero-order valence-electron chi connectivity index (χ0n) is 12.9. The van der Waals surface area contributed by atoms with Gasteiger partial charge in [-0.1, -0.05) is 30.7 Å². The Morgan fingerprint density at radius 2 is 1.90 bits per heavy atom. The molecule has 0 aliphatic rings. The first kappa shape index (κ1) is 15.5. The number of aryl methyl sites for hydroxylation is 1. The Morgan fingerprint density at radius 3 is 2.57 bits per heavy atom. The number of ether oxygens (including phenoxy) is 1. The predicted octanol–water partition coefficient (Wildman–Crippen LogP) is 4.31. The molecule has 3 heteroatoms. The third-order valence-corrected chi connectivity index (χ3v) is 3.47. The molecule has 0 fully saturated rings. The molecule has 2 nitrogen and oxygen atoms in total. The quantitative estimate of drug-likeness (QED) is 0.799. The monoisotopic (exact) mass is 287 g/mol. The molecule has 0 heterocycles. The van der Waals surface area contributed by atoms with Crippen LogP contribution in [-0.2, 0) is 6.54 Å². The van der Waals surface area contributed by atoms with E-state index in [1.54, 1.807) is 19.2 Å². The van der Waals surface area contributed by atoms with Crippen molar-refractivity contribution >= 4 is 0 Å². The molecular weight excluding hydrogens is 265 g/mol. The van der Waals surface area contributed by atoms with Crippen molar-refractivity contribution in [3.8, 4) is 16.9 Å². The first-order chi connectivity index (χ1) is 10.2. The Hall–Kier alpha value is -1.87. The van der Waals surface area contributed by atoms with Crippen molar-refractivity contribution in [2.75, 3.05) is 13.7 Å². The molecule has 0 bridgehead atoms. The normalized spacial score (nSPS) is 10.7. The average molecular weight is 287 g/mol. The van der Waals surface area contributed by atoms with E-state index in [0.29, 0.717) is 11.3 Å². The molecule has 1 N–H and O–H groups in total. The van der Waals surface area contributed by atoms with Gasteiger partial charge in [0.05, 0.1) is 7.11 Å². The van der Waals surface area contributed by atoms with Crippen molar-refractivity contribution in [1.29, 1.82) is 0 Å². The zero-order chi connectivity index (χ0) is 15.2. The first-order valence-corrected chi connectivity index (χ1v) is 7.30. The summed E-state index contributed by atoms with van der Waals surface area (Å²) >= 11 is 0. The number of hydrogen-bond acceptors (Lipinski definition) is 2. The molecule has 2 rings (SSSR count). The molecule has 0 spiro atoms. The van der Waals surface area contributed by atoms with Crippen LogP contribution in [0.4, 0.5) is 4.39 Å². The fraction of sp³-hybridized carbons (Fsp3) is 0.333. The van der Waals surface area contributed by atoms with Crippen LogP contribution in [0.15, 0.2) is 36.4 Å². The van der Waals surface area contributed by atoms with E-state index in [2.05, 4.69) is 24.4 Å². The van der Waals surface area contributed by atoms with Gasteiger partial charge >= 0.3 is 0 Å². The fourth-order valence-electron chi connectivity index (χ4n) is 2.34. The molecular formula is C18H22FNO. The highest BCUT2D eigenvalue weighted by atomic mass is 19.1. The Bertz CT molecular complexity index is 610. The van der Waals surface area contributed by atoms with Gasteiger partial charge in [-0.15, -0.1) is 0 Å². The van der Waals surface area contributed by atoms with Gasteiger partial charge in [-0.05, 0) is 43.1 Å². The summed E-state index contributed by atoms with van der Waals surface area (Å²) in [4.78, 5) is 0. The second kappa shape index (κ2) is 7.23. The van der Waals surface area contributed by atoms with Crippen molar-refractivity contribution in [2.24, 2.45) is 0 Å². The minimum atomic E-state index is -0.253. The van der Waals surface area contributed by atoms with E-state index in [1.807, 2.05) is 13.0 Å². The molecule has 21 heavy (non-hydrogen) atoms. The van der Waals surface area contributed by atoms with Gasteiger partial charge in [-0.25, -0.2) is 4.39 Å². The second-order valence-electron chi connectivity index (χ2n) is 5.18. The third-order valence-electron chi connectivity index (χ3n) is 3.47. The smallest absolute Gasteiger partial charge is 0.134 e. The fourth-order valence-corrected chi connectivity index (χ4v) is 2.34. The van der Waals surface area contributed by atoms with Crippen LogP contribution in [0, 0.1) is 12.7 Å². The van der Waals surface area contributed by atoms with E-state index in [0.717, 1.165) is 36.2 Å². The van der Waals surface area contributed by atoms with E-state index in [1.165, 1.54) is 6.07 Å². The van der Waals surface area contributed by atoms with E-state index in [9.17, 15) is 4.39 Å². The summed E-state index contributed by atoms with van der Waals surface area (Å²) in [5.74, 6) is 0.284. The van der Waals surface area contributed by atoms with Crippen LogP contribution < -0.4 is 10.1 Å². The van der Waals surface area contributed by atoms with Crippen molar-refractivity contribution in [3.63, 3.8) is 0 Å². The Kier molecular flexibility index (Phi) is 5.34. The van der Waals surface area contributed by atoms with Crippen molar-refractivity contribution in [3.05, 3.63) is 53.3 Å². The summed E-state index contributed by atoms with van der Waals surface area (Å²) in [6, 6.07) is 11.2. The van der Waals surface area contributed by atoms with Crippen LogP contribution >= 0.6 is 0 Å². The largest absolute Gasteiger partial charge is 0.497 e. The number of benzene rings is 2. The lowest BCUT2D eigenvalue weighted by Gasteiger charge is -2.13. The molecule has 112 valence electrons. The average Bonchev–Trinajstić information content (AvgIpc) is 2.49. The summed E-state index contributed by atoms with van der Waals surface area (Å²) in [7, 11) is 1.54. The molecule has 0 radical (unpaired) electrons. The number of halogens is 1. The van der Waals surface area contributed by atoms with Gasteiger partial charge in [-0.2, -0.15) is 0 Å². The Morgan fingerprint density at radius 1 is 1.10 bits per heavy atom. The molecule has 0 amide bonds.